The molecule has 1 aliphatic rings. The molecule has 4 N–H and O–H groups in total. The van der Waals surface area contributed by atoms with Crippen LogP contribution in [-0.4, -0.2) is 58.6 Å². The van der Waals surface area contributed by atoms with Crippen LogP contribution < -0.4 is 20.7 Å². The maximum absolute atomic E-state index is 12.9. The standard InChI is InChI=1S/C24H25F3N6O5/c25-24(26,27)18-9-8-17-20(31-18)33-23(38-17)30-16(21(35)36)13-14-4-6-15(7-5-14)37-12-1-3-19(34)32-22-28-10-2-11-29-22/h4-9,16H,1-3,10-13H2,(H,35,36)(H,30,31,33)(H2,28,29,32,34)/t16-/m0/s1. The molecule has 1 aromatic carbocycles. The SMILES string of the molecule is O=C(CCCOc1ccc(C[C@H](Nc2nc3nc(C(F)(F)F)ccc3o2)C(=O)O)cc1)NC1=NCCCN1. The Kier molecular flexibility index (Phi) is 8.28. The van der Waals surface area contributed by atoms with Gasteiger partial charge in [-0.25, -0.2) is 9.78 Å². The molecular weight excluding hydrogens is 509 g/mol. The molecule has 14 heteroatoms. The van der Waals surface area contributed by atoms with Crippen molar-refractivity contribution in [3.63, 3.8) is 0 Å². The summed E-state index contributed by atoms with van der Waals surface area (Å²) in [4.78, 5) is 35.2. The van der Waals surface area contributed by atoms with Gasteiger partial charge in [0, 0.05) is 25.9 Å². The van der Waals surface area contributed by atoms with E-state index in [2.05, 4.69) is 30.9 Å². The zero-order valence-electron chi connectivity index (χ0n) is 20.0. The molecule has 3 heterocycles. The summed E-state index contributed by atoms with van der Waals surface area (Å²) >= 11 is 0. The lowest BCUT2D eigenvalue weighted by Gasteiger charge is -2.15. The number of ether oxygens (including phenoxy) is 1. The fourth-order valence-corrected chi connectivity index (χ4v) is 3.58. The molecule has 0 fully saturated rings. The molecule has 2 aromatic heterocycles. The van der Waals surface area contributed by atoms with Crippen LogP contribution in [0.5, 0.6) is 5.75 Å². The Balaban J connectivity index is 1.27. The molecule has 3 aromatic rings. The number of aliphatic imine (C=N–C) groups is 1. The Morgan fingerprint density at radius 3 is 2.63 bits per heavy atom. The van der Waals surface area contributed by atoms with Crippen LogP contribution in [0.1, 0.15) is 30.5 Å². The van der Waals surface area contributed by atoms with E-state index in [4.69, 9.17) is 9.15 Å². The molecule has 1 atom stereocenters. The van der Waals surface area contributed by atoms with Crippen LogP contribution >= 0.6 is 0 Å². The first-order valence-electron chi connectivity index (χ1n) is 11.8. The number of carbonyl (C=O) groups is 2. The number of aliphatic carboxylic acids is 1. The fourth-order valence-electron chi connectivity index (χ4n) is 3.58. The third-order valence-corrected chi connectivity index (χ3v) is 5.47. The normalized spacial score (nSPS) is 14.3. The van der Waals surface area contributed by atoms with Gasteiger partial charge in [-0.05, 0) is 42.7 Å². The second-order valence-corrected chi connectivity index (χ2v) is 8.43. The summed E-state index contributed by atoms with van der Waals surface area (Å²) in [6.07, 6.45) is -2.90. The van der Waals surface area contributed by atoms with Gasteiger partial charge in [-0.2, -0.15) is 18.2 Å². The highest BCUT2D eigenvalue weighted by molar-refractivity contribution is 5.97. The van der Waals surface area contributed by atoms with E-state index in [9.17, 15) is 27.9 Å². The first-order valence-corrected chi connectivity index (χ1v) is 11.8. The smallest absolute Gasteiger partial charge is 0.433 e. The molecule has 202 valence electrons. The number of carboxylic acid groups (broad SMARTS) is 1. The van der Waals surface area contributed by atoms with Crippen molar-refractivity contribution in [1.82, 2.24) is 20.6 Å². The van der Waals surface area contributed by atoms with Crippen molar-refractivity contribution in [1.29, 1.82) is 0 Å². The summed E-state index contributed by atoms with van der Waals surface area (Å²) in [7, 11) is 0. The second-order valence-electron chi connectivity index (χ2n) is 8.43. The van der Waals surface area contributed by atoms with Gasteiger partial charge in [0.05, 0.1) is 6.61 Å². The number of carbonyl (C=O) groups excluding carboxylic acids is 1. The molecule has 11 nitrogen and oxygen atoms in total. The third-order valence-electron chi connectivity index (χ3n) is 5.47. The molecule has 0 aliphatic carbocycles. The van der Waals surface area contributed by atoms with Gasteiger partial charge in [-0.15, -0.1) is 0 Å². The van der Waals surface area contributed by atoms with Gasteiger partial charge in [0.15, 0.2) is 11.5 Å². The van der Waals surface area contributed by atoms with E-state index in [1.807, 2.05) is 0 Å². The topological polar surface area (TPSA) is 151 Å². The average Bonchev–Trinajstić information content (AvgIpc) is 3.29. The van der Waals surface area contributed by atoms with Gasteiger partial charge in [-0.1, -0.05) is 12.1 Å². The number of hydrogen-bond acceptors (Lipinski definition) is 9. The number of fused-ring (bicyclic) bond motifs is 1. The van der Waals surface area contributed by atoms with Crippen molar-refractivity contribution < 1.29 is 37.0 Å². The van der Waals surface area contributed by atoms with Crippen LogP contribution in [0.15, 0.2) is 45.8 Å². The van der Waals surface area contributed by atoms with Crippen molar-refractivity contribution in [3.8, 4) is 5.75 Å². The molecule has 1 amide bonds. The predicted octanol–water partition coefficient (Wildman–Crippen LogP) is 2.97. The number of amides is 1. The molecule has 38 heavy (non-hydrogen) atoms. The monoisotopic (exact) mass is 534 g/mol. The Hall–Kier alpha value is -4.36. The molecule has 1 aliphatic heterocycles. The molecule has 0 unspecified atom stereocenters. The van der Waals surface area contributed by atoms with Crippen LogP contribution in [0, 0.1) is 0 Å². The number of oxazole rings is 1. The minimum Gasteiger partial charge on any atom is -0.494 e. The van der Waals surface area contributed by atoms with Gasteiger partial charge in [0.1, 0.15) is 17.5 Å². The van der Waals surface area contributed by atoms with E-state index in [0.717, 1.165) is 25.1 Å². The van der Waals surface area contributed by atoms with Crippen LogP contribution in [0.3, 0.4) is 0 Å². The van der Waals surface area contributed by atoms with E-state index in [1.165, 1.54) is 0 Å². The van der Waals surface area contributed by atoms with Gasteiger partial charge in [0.25, 0.3) is 6.01 Å². The summed E-state index contributed by atoms with van der Waals surface area (Å²) in [6.45, 7) is 1.78. The Bertz CT molecular complexity index is 1310. The number of nitrogens with one attached hydrogen (secondary N) is 3. The first kappa shape index (κ1) is 26.7. The summed E-state index contributed by atoms with van der Waals surface area (Å²) in [5, 5.41) is 17.9. The predicted molar refractivity (Wildman–Crippen MR) is 130 cm³/mol. The summed E-state index contributed by atoms with van der Waals surface area (Å²) in [6, 6.07) is 7.15. The Labute approximate surface area is 214 Å². The number of carboxylic acids is 1. The van der Waals surface area contributed by atoms with Crippen LogP contribution in [0.2, 0.25) is 0 Å². The van der Waals surface area contributed by atoms with Gasteiger partial charge >= 0.3 is 12.1 Å². The van der Waals surface area contributed by atoms with E-state index >= 15 is 0 Å². The lowest BCUT2D eigenvalue weighted by Crippen LogP contribution is -2.43. The minimum atomic E-state index is -4.64. The second kappa shape index (κ2) is 11.8. The highest BCUT2D eigenvalue weighted by Gasteiger charge is 2.33. The van der Waals surface area contributed by atoms with E-state index < -0.39 is 23.9 Å². The molecule has 4 rings (SSSR count). The highest BCUT2D eigenvalue weighted by Crippen LogP contribution is 2.29. The first-order chi connectivity index (χ1) is 18.2. The molecule has 0 radical (unpaired) electrons. The van der Waals surface area contributed by atoms with Crippen LogP contribution in [0.4, 0.5) is 19.2 Å². The zero-order chi connectivity index (χ0) is 27.1. The molecule has 0 bridgehead atoms. The third kappa shape index (κ3) is 7.33. The van der Waals surface area contributed by atoms with Gasteiger partial charge in [0.2, 0.25) is 11.6 Å². The zero-order valence-corrected chi connectivity index (χ0v) is 20.0. The fraction of sp³-hybridized carbons (Fsp3) is 0.375. The quantitative estimate of drug-likeness (QED) is 0.288. The van der Waals surface area contributed by atoms with Crippen LogP contribution in [0.25, 0.3) is 11.2 Å². The molecule has 0 saturated carbocycles. The van der Waals surface area contributed by atoms with Crippen molar-refractivity contribution >= 4 is 35.1 Å². The molecular formula is C24H25F3N6O5. The molecule has 0 spiro atoms. The number of halogens is 3. The maximum Gasteiger partial charge on any atom is 0.433 e. The number of alkyl halides is 3. The summed E-state index contributed by atoms with van der Waals surface area (Å²) in [5.41, 5.74) is -0.768. The number of guanidine groups is 1. The minimum absolute atomic E-state index is 0.0111. The van der Waals surface area contributed by atoms with Crippen molar-refractivity contribution in [3.05, 3.63) is 47.7 Å². The highest BCUT2D eigenvalue weighted by atomic mass is 19.4. The van der Waals surface area contributed by atoms with Gasteiger partial charge < -0.3 is 24.9 Å². The van der Waals surface area contributed by atoms with Crippen molar-refractivity contribution in [2.24, 2.45) is 4.99 Å². The van der Waals surface area contributed by atoms with Crippen molar-refractivity contribution in [2.75, 3.05) is 25.0 Å². The maximum atomic E-state index is 12.9. The number of pyridine rings is 1. The number of anilines is 1. The van der Waals surface area contributed by atoms with Gasteiger partial charge in [-0.3, -0.25) is 15.1 Å². The van der Waals surface area contributed by atoms with E-state index in [0.29, 0.717) is 36.8 Å². The number of hydrogen-bond donors (Lipinski definition) is 4. The summed E-state index contributed by atoms with van der Waals surface area (Å²) in [5.74, 6) is -0.308. The number of rotatable bonds is 10. The number of aromatic nitrogens is 2. The van der Waals surface area contributed by atoms with Crippen molar-refractivity contribution in [2.45, 2.75) is 37.9 Å². The molecule has 0 saturated heterocycles. The lowest BCUT2D eigenvalue weighted by molar-refractivity contribution is -0.141. The van der Waals surface area contributed by atoms with Crippen LogP contribution in [-0.2, 0) is 22.2 Å². The van der Waals surface area contributed by atoms with E-state index in [1.54, 1.807) is 24.3 Å². The largest absolute Gasteiger partial charge is 0.494 e. The average molecular weight is 534 g/mol. The lowest BCUT2D eigenvalue weighted by atomic mass is 10.1. The number of benzene rings is 1. The summed E-state index contributed by atoms with van der Waals surface area (Å²) < 4.78 is 49.5. The Morgan fingerprint density at radius 2 is 1.95 bits per heavy atom. The Morgan fingerprint density at radius 1 is 1.16 bits per heavy atom. The van der Waals surface area contributed by atoms with E-state index in [-0.39, 0.29) is 36.0 Å². The number of nitrogens with zero attached hydrogens (tertiary/aromatic N) is 3.